The first-order valence-electron chi connectivity index (χ1n) is 7.79. The molecule has 4 nitrogen and oxygen atoms in total. The van der Waals surface area contributed by atoms with Crippen LogP contribution in [0.3, 0.4) is 0 Å². The van der Waals surface area contributed by atoms with Gasteiger partial charge in [0.1, 0.15) is 5.82 Å². The lowest BCUT2D eigenvalue weighted by Gasteiger charge is -2.13. The number of aromatic nitrogens is 2. The lowest BCUT2D eigenvalue weighted by atomic mass is 10.0. The Balaban J connectivity index is 1.94. The summed E-state index contributed by atoms with van der Waals surface area (Å²) < 4.78 is 51.7. The fourth-order valence-corrected chi connectivity index (χ4v) is 2.86. The van der Waals surface area contributed by atoms with Crippen LogP contribution in [0.15, 0.2) is 42.6 Å². The van der Waals surface area contributed by atoms with Crippen LogP contribution in [-0.4, -0.2) is 22.3 Å². The summed E-state index contributed by atoms with van der Waals surface area (Å²) in [5.41, 5.74) is 0.300. The Morgan fingerprint density at radius 1 is 1.11 bits per heavy atom. The Morgan fingerprint density at radius 2 is 1.86 bits per heavy atom. The van der Waals surface area contributed by atoms with E-state index in [9.17, 15) is 22.4 Å². The van der Waals surface area contributed by atoms with Gasteiger partial charge in [0.15, 0.2) is 0 Å². The molecule has 0 aliphatic heterocycles. The van der Waals surface area contributed by atoms with Crippen molar-refractivity contribution in [2.45, 2.75) is 12.6 Å². The molecule has 0 radical (unpaired) electrons. The van der Waals surface area contributed by atoms with E-state index in [1.807, 2.05) is 0 Å². The minimum atomic E-state index is -4.51. The summed E-state index contributed by atoms with van der Waals surface area (Å²) in [6, 6.07) is 8.15. The van der Waals surface area contributed by atoms with Gasteiger partial charge in [-0.25, -0.2) is 4.39 Å². The number of nitrogens with one attached hydrogen (secondary N) is 2. The molecule has 28 heavy (non-hydrogen) atoms. The summed E-state index contributed by atoms with van der Waals surface area (Å²) in [6.45, 7) is 0. The van der Waals surface area contributed by atoms with Crippen molar-refractivity contribution in [1.29, 1.82) is 0 Å². The van der Waals surface area contributed by atoms with Crippen LogP contribution in [0.25, 0.3) is 11.1 Å². The third-order valence-electron chi connectivity index (χ3n) is 3.80. The van der Waals surface area contributed by atoms with Gasteiger partial charge >= 0.3 is 6.18 Å². The van der Waals surface area contributed by atoms with Gasteiger partial charge in [-0.05, 0) is 35.9 Å². The van der Waals surface area contributed by atoms with Gasteiger partial charge in [0, 0.05) is 11.3 Å². The fraction of sp³-hybridized carbons (Fsp3) is 0.111. The van der Waals surface area contributed by atoms with Gasteiger partial charge in [0.25, 0.3) is 5.91 Å². The molecule has 1 aromatic heterocycles. The molecule has 0 atom stereocenters. The number of halogens is 6. The Labute approximate surface area is 166 Å². The molecule has 2 aromatic carbocycles. The van der Waals surface area contributed by atoms with Crippen molar-refractivity contribution in [3.8, 4) is 11.1 Å². The molecule has 0 saturated carbocycles. The van der Waals surface area contributed by atoms with Gasteiger partial charge < -0.3 is 5.32 Å². The highest BCUT2D eigenvalue weighted by Gasteiger charge is 2.31. The van der Waals surface area contributed by atoms with E-state index in [-0.39, 0.29) is 27.5 Å². The van der Waals surface area contributed by atoms with Gasteiger partial charge in [-0.2, -0.15) is 18.3 Å². The second-order valence-corrected chi connectivity index (χ2v) is 6.64. The molecule has 0 aliphatic rings. The van der Waals surface area contributed by atoms with Gasteiger partial charge in [-0.3, -0.25) is 9.89 Å². The fourth-order valence-electron chi connectivity index (χ4n) is 2.56. The molecule has 2 N–H and O–H groups in total. The largest absolute Gasteiger partial charge is 0.394 e. The van der Waals surface area contributed by atoms with Gasteiger partial charge in [0.05, 0.1) is 33.9 Å². The first-order chi connectivity index (χ1) is 13.1. The Bertz CT molecular complexity index is 1030. The lowest BCUT2D eigenvalue weighted by molar-refractivity contribution is -0.127. The zero-order valence-corrected chi connectivity index (χ0v) is 15.4. The van der Waals surface area contributed by atoms with E-state index in [4.69, 9.17) is 23.2 Å². The summed E-state index contributed by atoms with van der Waals surface area (Å²) in [5, 5.41) is 8.69. The number of anilines is 1. The Morgan fingerprint density at radius 3 is 2.54 bits per heavy atom. The molecule has 0 spiro atoms. The first kappa shape index (κ1) is 20.2. The molecule has 3 rings (SSSR count). The smallest absolute Gasteiger partial charge is 0.321 e. The number of nitrogens with zero attached hydrogens (tertiary/aromatic N) is 1. The monoisotopic (exact) mass is 431 g/mol. The number of hydrogen-bond donors (Lipinski definition) is 2. The number of rotatable bonds is 4. The van der Waals surface area contributed by atoms with Crippen molar-refractivity contribution in [1.82, 2.24) is 10.2 Å². The van der Waals surface area contributed by atoms with Gasteiger partial charge in [0.2, 0.25) is 0 Å². The van der Waals surface area contributed by atoms with Crippen LogP contribution in [0.4, 0.5) is 23.2 Å². The van der Waals surface area contributed by atoms with E-state index in [0.29, 0.717) is 10.6 Å². The van der Waals surface area contributed by atoms with Crippen molar-refractivity contribution < 1.29 is 22.4 Å². The van der Waals surface area contributed by atoms with Crippen LogP contribution < -0.4 is 5.32 Å². The highest BCUT2D eigenvalue weighted by molar-refractivity contribution is 6.42. The van der Waals surface area contributed by atoms with Crippen LogP contribution in [0.1, 0.15) is 16.1 Å². The molecule has 0 aliphatic carbocycles. The molecule has 0 saturated heterocycles. The molecule has 146 valence electrons. The van der Waals surface area contributed by atoms with Gasteiger partial charge in [-0.15, -0.1) is 0 Å². The van der Waals surface area contributed by atoms with Crippen LogP contribution in [0.2, 0.25) is 10.0 Å². The number of hydrogen-bond acceptors (Lipinski definition) is 2. The average molecular weight is 432 g/mol. The van der Waals surface area contributed by atoms with Crippen LogP contribution in [0, 0.1) is 5.82 Å². The third-order valence-corrected chi connectivity index (χ3v) is 4.54. The SMILES string of the molecule is O=C(Nc1ccc(F)cc1-c1ccc(Cl)c(Cl)c1)c1cn[nH]c1CC(F)(F)F. The van der Waals surface area contributed by atoms with E-state index in [1.54, 1.807) is 6.07 Å². The van der Waals surface area contributed by atoms with E-state index in [0.717, 1.165) is 12.3 Å². The van der Waals surface area contributed by atoms with E-state index >= 15 is 0 Å². The Kier molecular flexibility index (Phi) is 5.62. The number of carbonyl (C=O) groups is 1. The maximum atomic E-state index is 13.8. The predicted octanol–water partition coefficient (Wildman–Crippen LogP) is 5.88. The molecule has 0 fully saturated rings. The van der Waals surface area contributed by atoms with Crippen molar-refractivity contribution >= 4 is 34.8 Å². The second-order valence-electron chi connectivity index (χ2n) is 5.83. The number of alkyl halides is 3. The molecular weight excluding hydrogens is 421 g/mol. The van der Waals surface area contributed by atoms with Crippen molar-refractivity contribution in [2.75, 3.05) is 5.32 Å². The first-order valence-corrected chi connectivity index (χ1v) is 8.55. The van der Waals surface area contributed by atoms with E-state index < -0.39 is 24.3 Å². The second kappa shape index (κ2) is 7.81. The van der Waals surface area contributed by atoms with Crippen LogP contribution in [0.5, 0.6) is 0 Å². The number of H-pyrrole nitrogens is 1. The molecule has 1 heterocycles. The maximum absolute atomic E-state index is 13.8. The molecular formula is C18H11Cl2F4N3O. The number of benzene rings is 2. The lowest BCUT2D eigenvalue weighted by Crippen LogP contribution is -2.18. The molecule has 1 amide bonds. The van der Waals surface area contributed by atoms with Crippen molar-refractivity contribution in [3.63, 3.8) is 0 Å². The summed E-state index contributed by atoms with van der Waals surface area (Å²) in [5.74, 6) is -1.39. The number of amides is 1. The Hall–Kier alpha value is -2.58. The van der Waals surface area contributed by atoms with Gasteiger partial charge in [-0.1, -0.05) is 29.3 Å². The predicted molar refractivity (Wildman–Crippen MR) is 98.2 cm³/mol. The molecule has 3 aromatic rings. The summed E-state index contributed by atoms with van der Waals surface area (Å²) in [7, 11) is 0. The zero-order chi connectivity index (χ0) is 20.5. The van der Waals surface area contributed by atoms with E-state index in [1.165, 1.54) is 24.3 Å². The zero-order valence-electron chi connectivity index (χ0n) is 13.9. The maximum Gasteiger partial charge on any atom is 0.394 e. The standard InChI is InChI=1S/C18H11Cl2F4N3O/c19-13-3-1-9(5-14(13)20)11-6-10(21)2-4-15(11)26-17(28)12-8-25-27-16(12)7-18(22,23)24/h1-6,8H,7H2,(H,25,27)(H,26,28). The quantitative estimate of drug-likeness (QED) is 0.506. The summed E-state index contributed by atoms with van der Waals surface area (Å²) in [6.07, 6.45) is -4.85. The summed E-state index contributed by atoms with van der Waals surface area (Å²) in [4.78, 5) is 12.5. The minimum Gasteiger partial charge on any atom is -0.321 e. The molecule has 10 heteroatoms. The van der Waals surface area contributed by atoms with Crippen molar-refractivity contribution in [3.05, 3.63) is 69.7 Å². The number of aromatic amines is 1. The third kappa shape index (κ3) is 4.63. The normalized spacial score (nSPS) is 11.5. The average Bonchev–Trinajstić information content (AvgIpc) is 3.05. The van der Waals surface area contributed by atoms with Crippen LogP contribution in [-0.2, 0) is 6.42 Å². The molecule has 0 bridgehead atoms. The van der Waals surface area contributed by atoms with Crippen LogP contribution >= 0.6 is 23.2 Å². The molecule has 0 unspecified atom stereocenters. The van der Waals surface area contributed by atoms with E-state index in [2.05, 4.69) is 15.5 Å². The highest BCUT2D eigenvalue weighted by atomic mass is 35.5. The minimum absolute atomic E-state index is 0.184. The van der Waals surface area contributed by atoms with Crippen molar-refractivity contribution in [2.24, 2.45) is 0 Å². The highest BCUT2D eigenvalue weighted by Crippen LogP contribution is 2.34. The number of carbonyl (C=O) groups excluding carboxylic acids is 1. The summed E-state index contributed by atoms with van der Waals surface area (Å²) >= 11 is 11.9. The topological polar surface area (TPSA) is 57.8 Å².